The molecule has 0 aromatic heterocycles. The lowest BCUT2D eigenvalue weighted by Gasteiger charge is -2.18. The van der Waals surface area contributed by atoms with Crippen LogP contribution in [0.4, 0.5) is 0 Å². The number of hydrogen-bond donors (Lipinski definition) is 1. The lowest BCUT2D eigenvalue weighted by atomic mass is 10.1. The molecule has 6 heteroatoms. The molecule has 1 heterocycles. The highest BCUT2D eigenvalue weighted by Gasteiger charge is 2.31. The Morgan fingerprint density at radius 2 is 1.77 bits per heavy atom. The molecule has 0 radical (unpaired) electrons. The number of carbonyl (C=O) groups is 3. The van der Waals surface area contributed by atoms with Crippen LogP contribution in [0, 0.1) is 0 Å². The number of nitrogens with zero attached hydrogens (tertiary/aromatic N) is 1. The molecule has 2 amide bonds. The van der Waals surface area contributed by atoms with Gasteiger partial charge in [0.05, 0.1) is 6.04 Å². The maximum absolute atomic E-state index is 12.4. The summed E-state index contributed by atoms with van der Waals surface area (Å²) in [5.41, 5.74) is 1.91. The molecule has 0 bridgehead atoms. The van der Waals surface area contributed by atoms with E-state index in [9.17, 15) is 14.4 Å². The molecule has 1 fully saturated rings. The van der Waals surface area contributed by atoms with Crippen LogP contribution < -0.4 is 5.32 Å². The minimum Gasteiger partial charge on any atom is -0.347 e. The molecular formula is C20H19ClN2O3. The van der Waals surface area contributed by atoms with Gasteiger partial charge in [0.2, 0.25) is 5.91 Å². The molecule has 2 aromatic rings. The smallest absolute Gasteiger partial charge is 0.251 e. The van der Waals surface area contributed by atoms with Gasteiger partial charge in [0, 0.05) is 35.7 Å². The molecule has 1 saturated heterocycles. The Morgan fingerprint density at radius 1 is 1.12 bits per heavy atom. The summed E-state index contributed by atoms with van der Waals surface area (Å²) in [6, 6.07) is 13.6. The average molecular weight is 371 g/mol. The number of ketones is 1. The van der Waals surface area contributed by atoms with Crippen molar-refractivity contribution in [3.63, 3.8) is 0 Å². The third-order valence-corrected chi connectivity index (χ3v) is 4.79. The zero-order valence-corrected chi connectivity index (χ0v) is 15.1. The molecule has 0 aliphatic carbocycles. The van der Waals surface area contributed by atoms with E-state index in [1.807, 2.05) is 18.2 Å². The van der Waals surface area contributed by atoms with E-state index in [2.05, 4.69) is 5.32 Å². The summed E-state index contributed by atoms with van der Waals surface area (Å²) in [6.45, 7) is 2.35. The van der Waals surface area contributed by atoms with Gasteiger partial charge in [-0.15, -0.1) is 0 Å². The van der Waals surface area contributed by atoms with Gasteiger partial charge in [0.25, 0.3) is 5.91 Å². The number of amides is 2. The molecule has 26 heavy (non-hydrogen) atoms. The van der Waals surface area contributed by atoms with Crippen molar-refractivity contribution in [3.05, 3.63) is 70.2 Å². The molecule has 1 atom stereocenters. The molecule has 134 valence electrons. The Hall–Kier alpha value is -2.66. The standard InChI is InChI=1S/C20H19ClN2O3/c1-13(24)14-6-8-15(9-7-14)20(26)22-17-10-19(25)23(12-17)11-16-4-2-3-5-18(16)21/h2-9,17H,10-12H2,1H3,(H,22,26)/t17-/m1/s1. The van der Waals surface area contributed by atoms with Crippen LogP contribution in [-0.4, -0.2) is 35.1 Å². The molecule has 0 saturated carbocycles. The van der Waals surface area contributed by atoms with Crippen LogP contribution in [0.3, 0.4) is 0 Å². The van der Waals surface area contributed by atoms with Crippen molar-refractivity contribution in [1.29, 1.82) is 0 Å². The van der Waals surface area contributed by atoms with Gasteiger partial charge in [-0.05, 0) is 30.7 Å². The normalized spacial score (nSPS) is 16.6. The lowest BCUT2D eigenvalue weighted by molar-refractivity contribution is -0.128. The van der Waals surface area contributed by atoms with Crippen LogP contribution in [0.2, 0.25) is 5.02 Å². The first-order valence-electron chi connectivity index (χ1n) is 8.37. The Labute approximate surface area is 156 Å². The van der Waals surface area contributed by atoms with Crippen molar-refractivity contribution in [3.8, 4) is 0 Å². The Kier molecular flexibility index (Phi) is 5.38. The maximum atomic E-state index is 12.4. The molecule has 0 unspecified atom stereocenters. The van der Waals surface area contributed by atoms with Crippen molar-refractivity contribution in [2.45, 2.75) is 25.9 Å². The zero-order valence-electron chi connectivity index (χ0n) is 14.4. The molecule has 0 spiro atoms. The fraction of sp³-hybridized carbons (Fsp3) is 0.250. The summed E-state index contributed by atoms with van der Waals surface area (Å²) < 4.78 is 0. The van der Waals surface area contributed by atoms with Gasteiger partial charge in [-0.2, -0.15) is 0 Å². The minimum atomic E-state index is -0.252. The predicted octanol–water partition coefficient (Wildman–Crippen LogP) is 3.07. The molecule has 3 rings (SSSR count). The van der Waals surface area contributed by atoms with E-state index in [0.29, 0.717) is 29.2 Å². The van der Waals surface area contributed by atoms with E-state index in [-0.39, 0.29) is 30.1 Å². The van der Waals surface area contributed by atoms with Crippen LogP contribution >= 0.6 is 11.6 Å². The number of hydrogen-bond acceptors (Lipinski definition) is 3. The van der Waals surface area contributed by atoms with Gasteiger partial charge in [-0.3, -0.25) is 14.4 Å². The van der Waals surface area contributed by atoms with Crippen LogP contribution in [-0.2, 0) is 11.3 Å². The summed E-state index contributed by atoms with van der Waals surface area (Å²) in [6.07, 6.45) is 0.266. The van der Waals surface area contributed by atoms with Gasteiger partial charge < -0.3 is 10.2 Å². The molecule has 1 aliphatic heterocycles. The highest BCUT2D eigenvalue weighted by Crippen LogP contribution is 2.21. The van der Waals surface area contributed by atoms with Gasteiger partial charge in [-0.1, -0.05) is 41.9 Å². The first-order valence-corrected chi connectivity index (χ1v) is 8.75. The van der Waals surface area contributed by atoms with Gasteiger partial charge in [0.1, 0.15) is 0 Å². The second-order valence-electron chi connectivity index (χ2n) is 6.37. The minimum absolute atomic E-state index is 0.0119. The highest BCUT2D eigenvalue weighted by molar-refractivity contribution is 6.31. The van der Waals surface area contributed by atoms with E-state index in [4.69, 9.17) is 11.6 Å². The van der Waals surface area contributed by atoms with Crippen LogP contribution in [0.1, 0.15) is 39.6 Å². The second kappa shape index (κ2) is 7.70. The molecular weight excluding hydrogens is 352 g/mol. The number of nitrogens with one attached hydrogen (secondary N) is 1. The predicted molar refractivity (Wildman–Crippen MR) is 99.2 cm³/mol. The fourth-order valence-electron chi connectivity index (χ4n) is 2.98. The number of carbonyl (C=O) groups excluding carboxylic acids is 3. The van der Waals surface area contributed by atoms with Crippen molar-refractivity contribution in [2.75, 3.05) is 6.54 Å². The molecule has 1 N–H and O–H groups in total. The monoisotopic (exact) mass is 370 g/mol. The summed E-state index contributed by atoms with van der Waals surface area (Å²) in [5, 5.41) is 3.51. The van der Waals surface area contributed by atoms with Crippen molar-refractivity contribution in [1.82, 2.24) is 10.2 Å². The Bertz CT molecular complexity index is 848. The van der Waals surface area contributed by atoms with Gasteiger partial charge >= 0.3 is 0 Å². The Balaban J connectivity index is 1.61. The first-order chi connectivity index (χ1) is 12.4. The van der Waals surface area contributed by atoms with Crippen molar-refractivity contribution >= 4 is 29.2 Å². The fourth-order valence-corrected chi connectivity index (χ4v) is 3.17. The van der Waals surface area contributed by atoms with E-state index in [1.54, 1.807) is 35.2 Å². The largest absolute Gasteiger partial charge is 0.347 e. The molecule has 1 aliphatic rings. The van der Waals surface area contributed by atoms with E-state index in [1.165, 1.54) is 6.92 Å². The summed E-state index contributed by atoms with van der Waals surface area (Å²) >= 11 is 6.15. The van der Waals surface area contributed by atoms with E-state index >= 15 is 0 Å². The van der Waals surface area contributed by atoms with E-state index in [0.717, 1.165) is 5.56 Å². The van der Waals surface area contributed by atoms with Crippen molar-refractivity contribution < 1.29 is 14.4 Å². The van der Waals surface area contributed by atoms with Gasteiger partial charge in [-0.25, -0.2) is 0 Å². The maximum Gasteiger partial charge on any atom is 0.251 e. The Morgan fingerprint density at radius 3 is 2.42 bits per heavy atom. The number of rotatable bonds is 5. The molecule has 2 aromatic carbocycles. The average Bonchev–Trinajstić information content (AvgIpc) is 2.96. The summed E-state index contributed by atoms with van der Waals surface area (Å²) in [5.74, 6) is -0.312. The highest BCUT2D eigenvalue weighted by atomic mass is 35.5. The molecule has 5 nitrogen and oxygen atoms in total. The van der Waals surface area contributed by atoms with Crippen molar-refractivity contribution in [2.24, 2.45) is 0 Å². The topological polar surface area (TPSA) is 66.5 Å². The third-order valence-electron chi connectivity index (χ3n) is 4.42. The first kappa shape index (κ1) is 18.1. The number of likely N-dealkylation sites (tertiary alicyclic amines) is 1. The van der Waals surface area contributed by atoms with Gasteiger partial charge in [0.15, 0.2) is 5.78 Å². The van der Waals surface area contributed by atoms with E-state index < -0.39 is 0 Å². The summed E-state index contributed by atoms with van der Waals surface area (Å²) in [7, 11) is 0. The van der Waals surface area contributed by atoms with Crippen LogP contribution in [0.15, 0.2) is 48.5 Å². The zero-order chi connectivity index (χ0) is 18.7. The quantitative estimate of drug-likeness (QED) is 0.822. The van der Waals surface area contributed by atoms with Crippen LogP contribution in [0.5, 0.6) is 0 Å². The SMILES string of the molecule is CC(=O)c1ccc(C(=O)N[C@@H]2CC(=O)N(Cc3ccccc3Cl)C2)cc1. The second-order valence-corrected chi connectivity index (χ2v) is 6.78. The summed E-state index contributed by atoms with van der Waals surface area (Å²) in [4.78, 5) is 37.6. The number of Topliss-reactive ketones (excluding diaryl/α,β-unsaturated/α-hetero) is 1. The third kappa shape index (κ3) is 4.11. The number of benzene rings is 2. The lowest BCUT2D eigenvalue weighted by Crippen LogP contribution is -2.37. The van der Waals surface area contributed by atoms with Crippen LogP contribution in [0.25, 0.3) is 0 Å². The number of halogens is 1.